The molecule has 6 nitrogen and oxygen atoms in total. The van der Waals surface area contributed by atoms with Crippen molar-refractivity contribution in [2.24, 2.45) is 0 Å². The molecule has 1 unspecified atom stereocenters. The summed E-state index contributed by atoms with van der Waals surface area (Å²) in [5.41, 5.74) is 0.472. The van der Waals surface area contributed by atoms with Crippen LogP contribution in [0.3, 0.4) is 0 Å². The Morgan fingerprint density at radius 3 is 2.45 bits per heavy atom. The predicted molar refractivity (Wildman–Crippen MR) is 62.2 cm³/mol. The SMILES string of the molecule is CC(C)c1cc(C(=O)NC(CC(F)(F)F)C(=O)O)n[nH]1. The molecule has 0 radical (unpaired) electrons. The van der Waals surface area contributed by atoms with Crippen LogP contribution in [0.4, 0.5) is 13.2 Å². The molecule has 0 fully saturated rings. The van der Waals surface area contributed by atoms with E-state index in [-0.39, 0.29) is 11.6 Å². The highest BCUT2D eigenvalue weighted by Gasteiger charge is 2.36. The Kier molecular flexibility index (Phi) is 4.74. The van der Waals surface area contributed by atoms with Gasteiger partial charge in [0.25, 0.3) is 5.91 Å². The molecule has 1 atom stereocenters. The van der Waals surface area contributed by atoms with Crippen molar-refractivity contribution in [1.82, 2.24) is 15.5 Å². The van der Waals surface area contributed by atoms with Crippen molar-refractivity contribution < 1.29 is 27.9 Å². The Labute approximate surface area is 112 Å². The fourth-order valence-electron chi connectivity index (χ4n) is 1.41. The van der Waals surface area contributed by atoms with Crippen LogP contribution in [0.15, 0.2) is 6.07 Å². The van der Waals surface area contributed by atoms with Crippen LogP contribution >= 0.6 is 0 Å². The molecular weight excluding hydrogens is 279 g/mol. The highest BCUT2D eigenvalue weighted by atomic mass is 19.4. The summed E-state index contributed by atoms with van der Waals surface area (Å²) in [5.74, 6) is -2.67. The summed E-state index contributed by atoms with van der Waals surface area (Å²) >= 11 is 0. The first-order chi connectivity index (χ1) is 9.10. The first-order valence-electron chi connectivity index (χ1n) is 5.76. The summed E-state index contributed by atoms with van der Waals surface area (Å²) < 4.78 is 36.6. The van der Waals surface area contributed by atoms with Crippen molar-refractivity contribution in [1.29, 1.82) is 0 Å². The van der Waals surface area contributed by atoms with Gasteiger partial charge in [0.1, 0.15) is 11.7 Å². The third-order valence-electron chi connectivity index (χ3n) is 2.49. The minimum Gasteiger partial charge on any atom is -0.480 e. The average molecular weight is 293 g/mol. The topological polar surface area (TPSA) is 95.1 Å². The summed E-state index contributed by atoms with van der Waals surface area (Å²) in [4.78, 5) is 22.4. The van der Waals surface area contributed by atoms with Crippen LogP contribution in [0.2, 0.25) is 0 Å². The molecule has 9 heteroatoms. The third-order valence-corrected chi connectivity index (χ3v) is 2.49. The van der Waals surface area contributed by atoms with Crippen LogP contribution < -0.4 is 5.32 Å². The fraction of sp³-hybridized carbons (Fsp3) is 0.545. The molecule has 1 heterocycles. The van der Waals surface area contributed by atoms with Gasteiger partial charge < -0.3 is 10.4 Å². The maximum atomic E-state index is 12.2. The zero-order chi connectivity index (χ0) is 15.5. The van der Waals surface area contributed by atoms with E-state index in [9.17, 15) is 22.8 Å². The number of nitrogens with zero attached hydrogens (tertiary/aromatic N) is 1. The minimum atomic E-state index is -4.69. The number of carboxylic acids is 1. The number of carbonyl (C=O) groups is 2. The lowest BCUT2D eigenvalue weighted by atomic mass is 10.1. The van der Waals surface area contributed by atoms with E-state index in [4.69, 9.17) is 5.11 Å². The lowest BCUT2D eigenvalue weighted by Crippen LogP contribution is -2.43. The van der Waals surface area contributed by atoms with E-state index in [0.29, 0.717) is 5.69 Å². The lowest BCUT2D eigenvalue weighted by Gasteiger charge is -2.15. The molecule has 0 aliphatic rings. The van der Waals surface area contributed by atoms with Crippen LogP contribution in [0, 0.1) is 0 Å². The summed E-state index contributed by atoms with van der Waals surface area (Å²) in [5, 5.41) is 16.7. The number of aliphatic carboxylic acids is 1. The van der Waals surface area contributed by atoms with Crippen molar-refractivity contribution in [3.8, 4) is 0 Å². The van der Waals surface area contributed by atoms with Gasteiger partial charge in [-0.2, -0.15) is 18.3 Å². The number of amides is 1. The largest absolute Gasteiger partial charge is 0.480 e. The van der Waals surface area contributed by atoms with Gasteiger partial charge in [-0.15, -0.1) is 0 Å². The van der Waals surface area contributed by atoms with E-state index in [2.05, 4.69) is 10.2 Å². The van der Waals surface area contributed by atoms with E-state index in [1.54, 1.807) is 5.32 Å². The smallest absolute Gasteiger partial charge is 0.391 e. The van der Waals surface area contributed by atoms with Crippen LogP contribution in [0.1, 0.15) is 42.4 Å². The molecule has 1 amide bonds. The second-order valence-electron chi connectivity index (χ2n) is 4.55. The molecule has 20 heavy (non-hydrogen) atoms. The monoisotopic (exact) mass is 293 g/mol. The van der Waals surface area contributed by atoms with Gasteiger partial charge in [-0.3, -0.25) is 9.89 Å². The molecular formula is C11H14F3N3O3. The maximum absolute atomic E-state index is 12.2. The Balaban J connectivity index is 2.77. The average Bonchev–Trinajstić information content (AvgIpc) is 2.75. The summed E-state index contributed by atoms with van der Waals surface area (Å²) in [7, 11) is 0. The number of nitrogens with one attached hydrogen (secondary N) is 2. The minimum absolute atomic E-state index is 0.0505. The number of hydrogen-bond acceptors (Lipinski definition) is 3. The Morgan fingerprint density at radius 1 is 1.45 bits per heavy atom. The van der Waals surface area contributed by atoms with Gasteiger partial charge in [0, 0.05) is 5.69 Å². The van der Waals surface area contributed by atoms with Gasteiger partial charge in [-0.25, -0.2) is 4.79 Å². The lowest BCUT2D eigenvalue weighted by molar-refractivity contribution is -0.157. The number of aromatic amines is 1. The number of hydrogen-bond donors (Lipinski definition) is 3. The number of alkyl halides is 3. The fourth-order valence-corrected chi connectivity index (χ4v) is 1.41. The summed E-state index contributed by atoms with van der Waals surface area (Å²) in [6.45, 7) is 3.66. The second-order valence-corrected chi connectivity index (χ2v) is 4.55. The molecule has 0 bridgehead atoms. The van der Waals surface area contributed by atoms with Gasteiger partial charge in [0.15, 0.2) is 0 Å². The molecule has 0 aromatic carbocycles. The van der Waals surface area contributed by atoms with E-state index in [1.165, 1.54) is 6.07 Å². The van der Waals surface area contributed by atoms with Gasteiger partial charge in [-0.1, -0.05) is 13.8 Å². The molecule has 1 aromatic rings. The molecule has 1 aromatic heterocycles. The Bertz CT molecular complexity index is 497. The van der Waals surface area contributed by atoms with Crippen LogP contribution in [-0.4, -0.2) is 39.4 Å². The number of aromatic nitrogens is 2. The van der Waals surface area contributed by atoms with Crippen molar-refractivity contribution in [2.45, 2.75) is 38.4 Å². The van der Waals surface area contributed by atoms with Gasteiger partial charge in [-0.05, 0) is 12.0 Å². The van der Waals surface area contributed by atoms with Crippen molar-refractivity contribution >= 4 is 11.9 Å². The van der Waals surface area contributed by atoms with E-state index in [0.717, 1.165) is 0 Å². The van der Waals surface area contributed by atoms with Crippen molar-refractivity contribution in [3.63, 3.8) is 0 Å². The molecule has 0 saturated heterocycles. The van der Waals surface area contributed by atoms with Gasteiger partial charge in [0.2, 0.25) is 0 Å². The number of halogens is 3. The van der Waals surface area contributed by atoms with E-state index >= 15 is 0 Å². The molecule has 1 rings (SSSR count). The zero-order valence-electron chi connectivity index (χ0n) is 10.8. The second kappa shape index (κ2) is 5.93. The van der Waals surface area contributed by atoms with Crippen LogP contribution in [0.5, 0.6) is 0 Å². The number of H-pyrrole nitrogens is 1. The third kappa shape index (κ3) is 4.56. The van der Waals surface area contributed by atoms with Crippen molar-refractivity contribution in [3.05, 3.63) is 17.5 Å². The molecule has 3 N–H and O–H groups in total. The predicted octanol–water partition coefficient (Wildman–Crippen LogP) is 1.67. The van der Waals surface area contributed by atoms with Crippen molar-refractivity contribution in [2.75, 3.05) is 0 Å². The van der Waals surface area contributed by atoms with E-state index < -0.39 is 30.5 Å². The Hall–Kier alpha value is -2.06. The first kappa shape index (κ1) is 16.0. The first-order valence-corrected chi connectivity index (χ1v) is 5.76. The highest BCUT2D eigenvalue weighted by Crippen LogP contribution is 2.22. The molecule has 0 spiro atoms. The summed E-state index contributed by atoms with van der Waals surface area (Å²) in [6.07, 6.45) is -6.33. The van der Waals surface area contributed by atoms with Crippen LogP contribution in [0.25, 0.3) is 0 Å². The molecule has 0 aliphatic heterocycles. The van der Waals surface area contributed by atoms with Crippen LogP contribution in [-0.2, 0) is 4.79 Å². The highest BCUT2D eigenvalue weighted by molar-refractivity contribution is 5.95. The standard InChI is InChI=1S/C11H14F3N3O3/c1-5(2)6-3-7(17-16-6)9(18)15-8(10(19)20)4-11(12,13)14/h3,5,8H,4H2,1-2H3,(H,15,18)(H,16,17)(H,19,20). The number of carboxylic acid groups (broad SMARTS) is 1. The van der Waals surface area contributed by atoms with Gasteiger partial charge >= 0.3 is 12.1 Å². The number of carbonyl (C=O) groups excluding carboxylic acids is 1. The van der Waals surface area contributed by atoms with E-state index in [1.807, 2.05) is 13.8 Å². The van der Waals surface area contributed by atoms with Gasteiger partial charge in [0.05, 0.1) is 6.42 Å². The molecule has 0 aliphatic carbocycles. The summed E-state index contributed by atoms with van der Waals surface area (Å²) in [6, 6.07) is -0.673. The molecule has 112 valence electrons. The number of rotatable bonds is 5. The normalized spacial score (nSPS) is 13.3. The maximum Gasteiger partial charge on any atom is 0.391 e. The zero-order valence-corrected chi connectivity index (χ0v) is 10.8. The Morgan fingerprint density at radius 2 is 2.05 bits per heavy atom. The molecule has 0 saturated carbocycles. The quantitative estimate of drug-likeness (QED) is 0.769.